The molecule has 194 valence electrons. The third-order valence-corrected chi connectivity index (χ3v) is 7.10. The van der Waals surface area contributed by atoms with Gasteiger partial charge in [0.05, 0.1) is 4.99 Å². The van der Waals surface area contributed by atoms with Crippen molar-refractivity contribution < 1.29 is 3.63 Å². The van der Waals surface area contributed by atoms with E-state index in [1.165, 1.54) is 41.5 Å². The zero-order valence-corrected chi connectivity index (χ0v) is 25.3. The molecule has 0 aliphatic heterocycles. The molecule has 1 aromatic heterocycles. The molecule has 1 N–H and O–H groups in total. The summed E-state index contributed by atoms with van der Waals surface area (Å²) in [4.78, 5) is 10.9. The van der Waals surface area contributed by atoms with Crippen LogP contribution in [0.3, 0.4) is 0 Å². The van der Waals surface area contributed by atoms with Crippen molar-refractivity contribution >= 4 is 53.9 Å². The minimum Gasteiger partial charge on any atom is -0.379 e. The van der Waals surface area contributed by atoms with Gasteiger partial charge in [0.2, 0.25) is 0 Å². The van der Waals surface area contributed by atoms with Crippen molar-refractivity contribution in [3.05, 3.63) is 83.9 Å². The first-order chi connectivity index (χ1) is 17.0. The molecule has 0 amide bonds. The first-order valence-electron chi connectivity index (χ1n) is 11.8. The highest BCUT2D eigenvalue weighted by Gasteiger charge is 2.14. The molecule has 0 atom stereocenters. The summed E-state index contributed by atoms with van der Waals surface area (Å²) in [5.74, 6) is 0.783. The number of nitrogens with one attached hydrogen (secondary N) is 1. The number of thiocarbonyl (C=S) groups is 1. The molecule has 3 rings (SSSR count). The second kappa shape index (κ2) is 15.0. The van der Waals surface area contributed by atoms with Gasteiger partial charge in [0, 0.05) is 65.0 Å². The van der Waals surface area contributed by atoms with Crippen molar-refractivity contribution in [3.8, 4) is 0 Å². The van der Waals surface area contributed by atoms with Gasteiger partial charge in [-0.25, -0.2) is 13.6 Å². The van der Waals surface area contributed by atoms with Crippen molar-refractivity contribution in [2.75, 3.05) is 12.3 Å². The Labute approximate surface area is 236 Å². The molecule has 0 aliphatic carbocycles. The van der Waals surface area contributed by atoms with Crippen molar-refractivity contribution in [3.63, 3.8) is 0 Å². The van der Waals surface area contributed by atoms with Gasteiger partial charge in [-0.1, -0.05) is 78.0 Å². The Morgan fingerprint density at radius 2 is 1.28 bits per heavy atom. The van der Waals surface area contributed by atoms with Crippen LogP contribution in [0.2, 0.25) is 0 Å². The summed E-state index contributed by atoms with van der Waals surface area (Å²) < 4.78 is 5.69. The fraction of sp³-hybridized carbons (Fsp3) is 0.393. The highest BCUT2D eigenvalue weighted by atomic mass is 32.2. The average molecular weight is 560 g/mol. The Bertz CT molecular complexity index is 988. The van der Waals surface area contributed by atoms with E-state index in [-0.39, 0.29) is 10.8 Å². The Morgan fingerprint density at radius 1 is 0.833 bits per heavy atom. The highest BCUT2D eigenvalue weighted by Crippen LogP contribution is 2.32. The van der Waals surface area contributed by atoms with Crippen LogP contribution in [0.5, 0.6) is 0 Å². The van der Waals surface area contributed by atoms with Gasteiger partial charge in [0.15, 0.2) is 0 Å². The maximum atomic E-state index is 5.69. The summed E-state index contributed by atoms with van der Waals surface area (Å²) in [5.41, 5.74) is 4.08. The molecule has 0 aliphatic rings. The van der Waals surface area contributed by atoms with Crippen molar-refractivity contribution in [1.29, 1.82) is 0 Å². The zero-order chi connectivity index (χ0) is 26.6. The summed E-state index contributed by atoms with van der Waals surface area (Å²) in [5, 5.41) is 3.08. The molecule has 4 nitrogen and oxygen atoms in total. The molecule has 36 heavy (non-hydrogen) atoms. The standard InChI is InChI=1S/C20H26OS2.C8H11N3S2/c1-19(2,3)15-7-11-17(12-8-15)22-21-23-18-13-9-16(10-14-18)20(4,5)6;12-2-1-11-8(13)3-7-4-9-6-10-5-7/h7-14H,1-6H3;4-6,12H,1-3H2,(H,11,13). The molecule has 0 radical (unpaired) electrons. The molecular weight excluding hydrogens is 523 g/mol. The van der Waals surface area contributed by atoms with E-state index < -0.39 is 0 Å². The summed E-state index contributed by atoms with van der Waals surface area (Å²) in [6.45, 7) is 14.2. The van der Waals surface area contributed by atoms with Gasteiger partial charge in [-0.05, 0) is 51.8 Å². The lowest BCUT2D eigenvalue weighted by Gasteiger charge is -2.19. The van der Waals surface area contributed by atoms with Crippen LogP contribution in [0, 0.1) is 0 Å². The van der Waals surface area contributed by atoms with Gasteiger partial charge < -0.3 is 5.32 Å². The second-order valence-electron chi connectivity index (χ2n) is 10.3. The smallest absolute Gasteiger partial charge is 0.115 e. The molecule has 3 aromatic rings. The number of hydrogen-bond acceptors (Lipinski definition) is 7. The van der Waals surface area contributed by atoms with Gasteiger partial charge in [-0.15, -0.1) is 0 Å². The number of nitrogens with zero attached hydrogens (tertiary/aromatic N) is 2. The molecular formula is C28H37N3OS4. The minimum atomic E-state index is 0.188. The SMILES string of the molecule is CC(C)(C)c1ccc(SOSc2ccc(C(C)(C)C)cc2)cc1.S=C(Cc1cncnc1)NCCS. The van der Waals surface area contributed by atoms with E-state index in [9.17, 15) is 0 Å². The number of aromatic nitrogens is 2. The van der Waals surface area contributed by atoms with E-state index in [0.717, 1.165) is 32.6 Å². The maximum Gasteiger partial charge on any atom is 0.115 e. The monoisotopic (exact) mass is 559 g/mol. The van der Waals surface area contributed by atoms with E-state index >= 15 is 0 Å². The Kier molecular flexibility index (Phi) is 12.8. The predicted molar refractivity (Wildman–Crippen MR) is 163 cm³/mol. The lowest BCUT2D eigenvalue weighted by molar-refractivity contribution is 0.589. The van der Waals surface area contributed by atoms with Gasteiger partial charge >= 0.3 is 0 Å². The largest absolute Gasteiger partial charge is 0.379 e. The summed E-state index contributed by atoms with van der Waals surface area (Å²) in [6.07, 6.45) is 5.74. The van der Waals surface area contributed by atoms with Crippen LogP contribution in [-0.4, -0.2) is 27.3 Å². The van der Waals surface area contributed by atoms with Crippen LogP contribution < -0.4 is 5.32 Å². The third kappa shape index (κ3) is 11.6. The fourth-order valence-electron chi connectivity index (χ4n) is 2.98. The van der Waals surface area contributed by atoms with E-state index in [2.05, 4.69) is 118 Å². The van der Waals surface area contributed by atoms with Crippen LogP contribution >= 0.6 is 48.9 Å². The van der Waals surface area contributed by atoms with Gasteiger partial charge in [-0.3, -0.25) is 0 Å². The highest BCUT2D eigenvalue weighted by molar-refractivity contribution is 8.07. The molecule has 0 saturated heterocycles. The number of rotatable bonds is 8. The van der Waals surface area contributed by atoms with E-state index in [1.54, 1.807) is 12.4 Å². The number of benzene rings is 2. The van der Waals surface area contributed by atoms with Gasteiger partial charge in [0.1, 0.15) is 6.33 Å². The molecule has 0 fully saturated rings. The Balaban J connectivity index is 0.000000297. The summed E-state index contributed by atoms with van der Waals surface area (Å²) >= 11 is 12.0. The van der Waals surface area contributed by atoms with Crippen LogP contribution in [0.25, 0.3) is 0 Å². The summed E-state index contributed by atoms with van der Waals surface area (Å²) in [7, 11) is 0. The topological polar surface area (TPSA) is 47.0 Å². The van der Waals surface area contributed by atoms with Gasteiger partial charge in [0.25, 0.3) is 0 Å². The van der Waals surface area contributed by atoms with E-state index in [1.807, 2.05) is 0 Å². The Morgan fingerprint density at radius 3 is 1.67 bits per heavy atom. The molecule has 0 bridgehead atoms. The second-order valence-corrected chi connectivity index (χ2v) is 13.0. The third-order valence-electron chi connectivity index (χ3n) is 5.11. The van der Waals surface area contributed by atoms with E-state index in [0.29, 0.717) is 6.42 Å². The van der Waals surface area contributed by atoms with Crippen LogP contribution in [0.1, 0.15) is 58.2 Å². The van der Waals surface area contributed by atoms with Crippen molar-refractivity contribution in [2.45, 2.75) is 68.6 Å². The number of thiol groups is 1. The van der Waals surface area contributed by atoms with Crippen LogP contribution in [0.15, 0.2) is 77.0 Å². The van der Waals surface area contributed by atoms with Crippen molar-refractivity contribution in [1.82, 2.24) is 15.3 Å². The molecule has 2 aromatic carbocycles. The molecule has 8 heteroatoms. The number of hydrogen-bond donors (Lipinski definition) is 2. The fourth-order valence-corrected chi connectivity index (χ4v) is 4.62. The summed E-state index contributed by atoms with van der Waals surface area (Å²) in [6, 6.07) is 17.2. The maximum absolute atomic E-state index is 5.69. The minimum absolute atomic E-state index is 0.188. The van der Waals surface area contributed by atoms with Crippen LogP contribution in [0.4, 0.5) is 0 Å². The molecule has 0 spiro atoms. The zero-order valence-electron chi connectivity index (χ0n) is 21.9. The van der Waals surface area contributed by atoms with Crippen molar-refractivity contribution in [2.24, 2.45) is 0 Å². The Hall–Kier alpha value is -1.58. The molecule has 1 heterocycles. The lowest BCUT2D eigenvalue weighted by atomic mass is 9.87. The molecule has 0 saturated carbocycles. The van der Waals surface area contributed by atoms with Crippen LogP contribution in [-0.2, 0) is 20.9 Å². The average Bonchev–Trinajstić information content (AvgIpc) is 2.83. The quantitative estimate of drug-likeness (QED) is 0.165. The lowest BCUT2D eigenvalue weighted by Crippen LogP contribution is -2.25. The first-order valence-corrected chi connectivity index (χ1v) is 14.3. The van der Waals surface area contributed by atoms with E-state index in [4.69, 9.17) is 15.8 Å². The molecule has 0 unspecified atom stereocenters. The first kappa shape index (κ1) is 30.6. The normalized spacial score (nSPS) is 11.4. The van der Waals surface area contributed by atoms with Gasteiger partial charge in [-0.2, -0.15) is 12.6 Å². The predicted octanol–water partition coefficient (Wildman–Crippen LogP) is 7.88.